The molecule has 2 aromatic rings. The van der Waals surface area contributed by atoms with E-state index < -0.39 is 0 Å². The molecule has 2 rings (SSSR count). The quantitative estimate of drug-likeness (QED) is 0.911. The number of furan rings is 1. The molecule has 0 saturated heterocycles. The largest absolute Gasteiger partial charge is 0.469 e. The number of nitrogens with one attached hydrogen (secondary N) is 1. The van der Waals surface area contributed by atoms with Gasteiger partial charge < -0.3 is 14.5 Å². The lowest BCUT2D eigenvalue weighted by molar-refractivity contribution is 0.259. The summed E-state index contributed by atoms with van der Waals surface area (Å²) < 4.78 is 10.8. The van der Waals surface area contributed by atoms with Crippen molar-refractivity contribution >= 4 is 11.6 Å². The fourth-order valence-electron chi connectivity index (χ4n) is 1.56. The van der Waals surface area contributed by atoms with Crippen molar-refractivity contribution in [2.24, 2.45) is 0 Å². The lowest BCUT2D eigenvalue weighted by Gasteiger charge is -2.20. The predicted octanol–water partition coefficient (Wildman–Crippen LogP) is 3.80. The summed E-state index contributed by atoms with van der Waals surface area (Å²) in [6.07, 6.45) is 1.62. The summed E-state index contributed by atoms with van der Waals surface area (Å²) in [7, 11) is 0. The second-order valence-electron chi connectivity index (χ2n) is 5.55. The number of aromatic nitrogens is 1. The molecule has 0 aliphatic carbocycles. The van der Waals surface area contributed by atoms with Gasteiger partial charge in [0.25, 0.3) is 0 Å². The van der Waals surface area contributed by atoms with Crippen LogP contribution in [0.3, 0.4) is 0 Å². The normalized spacial score (nSPS) is 11.6. The van der Waals surface area contributed by atoms with Gasteiger partial charge in [-0.05, 0) is 39.0 Å². The Morgan fingerprint density at radius 3 is 2.75 bits per heavy atom. The number of rotatable bonds is 5. The SMILES string of the molecule is CC(C)(C)NCc1nc(OCc2ccco2)ccc1Cl. The zero-order valence-corrected chi connectivity index (χ0v) is 12.7. The van der Waals surface area contributed by atoms with Crippen LogP contribution in [-0.2, 0) is 13.2 Å². The van der Waals surface area contributed by atoms with E-state index in [1.54, 1.807) is 18.4 Å². The minimum Gasteiger partial charge on any atom is -0.469 e. The Kier molecular flexibility index (Phi) is 4.68. The smallest absolute Gasteiger partial charge is 0.214 e. The standard InChI is InChI=1S/C15H19ClN2O2/c1-15(2,3)17-9-13-12(16)6-7-14(18-13)20-10-11-5-4-8-19-11/h4-8,17H,9-10H2,1-3H3. The van der Waals surface area contributed by atoms with Gasteiger partial charge >= 0.3 is 0 Å². The topological polar surface area (TPSA) is 47.3 Å². The summed E-state index contributed by atoms with van der Waals surface area (Å²) >= 11 is 6.15. The van der Waals surface area contributed by atoms with Gasteiger partial charge in [0.2, 0.25) is 5.88 Å². The number of pyridine rings is 1. The van der Waals surface area contributed by atoms with Crippen molar-refractivity contribution in [2.45, 2.75) is 39.5 Å². The molecule has 4 nitrogen and oxygen atoms in total. The molecule has 0 radical (unpaired) electrons. The van der Waals surface area contributed by atoms with E-state index in [1.165, 1.54) is 0 Å². The van der Waals surface area contributed by atoms with Crippen molar-refractivity contribution in [3.63, 3.8) is 0 Å². The number of ether oxygens (including phenoxy) is 1. The van der Waals surface area contributed by atoms with Crippen LogP contribution in [0.2, 0.25) is 5.02 Å². The second kappa shape index (κ2) is 6.29. The van der Waals surface area contributed by atoms with Crippen molar-refractivity contribution < 1.29 is 9.15 Å². The van der Waals surface area contributed by atoms with Crippen LogP contribution in [0.25, 0.3) is 0 Å². The van der Waals surface area contributed by atoms with Crippen LogP contribution in [0.5, 0.6) is 5.88 Å². The van der Waals surface area contributed by atoms with Crippen molar-refractivity contribution in [2.75, 3.05) is 0 Å². The molecule has 20 heavy (non-hydrogen) atoms. The lowest BCUT2D eigenvalue weighted by atomic mass is 10.1. The van der Waals surface area contributed by atoms with Gasteiger partial charge in [0.1, 0.15) is 12.4 Å². The van der Waals surface area contributed by atoms with Gasteiger partial charge in [0.15, 0.2) is 0 Å². The van der Waals surface area contributed by atoms with Gasteiger partial charge in [-0.15, -0.1) is 0 Å². The maximum Gasteiger partial charge on any atom is 0.214 e. The van der Waals surface area contributed by atoms with Gasteiger partial charge in [0.05, 0.1) is 17.0 Å². The number of hydrogen-bond donors (Lipinski definition) is 1. The van der Waals surface area contributed by atoms with Gasteiger partial charge in [-0.2, -0.15) is 0 Å². The fourth-order valence-corrected chi connectivity index (χ4v) is 1.73. The van der Waals surface area contributed by atoms with E-state index in [1.807, 2.05) is 12.1 Å². The molecule has 5 heteroatoms. The molecule has 2 aromatic heterocycles. The number of hydrogen-bond acceptors (Lipinski definition) is 4. The van der Waals surface area contributed by atoms with Crippen molar-refractivity contribution in [1.82, 2.24) is 10.3 Å². The molecule has 0 atom stereocenters. The fraction of sp³-hybridized carbons (Fsp3) is 0.400. The zero-order chi connectivity index (χ0) is 14.6. The molecule has 0 saturated carbocycles. The van der Waals surface area contributed by atoms with Crippen molar-refractivity contribution in [1.29, 1.82) is 0 Å². The average molecular weight is 295 g/mol. The Hall–Kier alpha value is -1.52. The lowest BCUT2D eigenvalue weighted by Crippen LogP contribution is -2.35. The first kappa shape index (κ1) is 14.9. The Balaban J connectivity index is 2.00. The molecule has 108 valence electrons. The van der Waals surface area contributed by atoms with E-state index in [2.05, 4.69) is 31.1 Å². The highest BCUT2D eigenvalue weighted by molar-refractivity contribution is 6.31. The first-order chi connectivity index (χ1) is 9.44. The highest BCUT2D eigenvalue weighted by Crippen LogP contribution is 2.19. The van der Waals surface area contributed by atoms with Gasteiger partial charge in [-0.1, -0.05) is 11.6 Å². The van der Waals surface area contributed by atoms with Crippen LogP contribution in [-0.4, -0.2) is 10.5 Å². The van der Waals surface area contributed by atoms with Crippen LogP contribution in [0.4, 0.5) is 0 Å². The van der Waals surface area contributed by atoms with Crippen LogP contribution in [0.1, 0.15) is 32.2 Å². The molecule has 0 amide bonds. The third kappa shape index (κ3) is 4.54. The summed E-state index contributed by atoms with van der Waals surface area (Å²) in [5.41, 5.74) is 0.786. The van der Waals surface area contributed by atoms with E-state index in [0.29, 0.717) is 24.1 Å². The van der Waals surface area contributed by atoms with Gasteiger partial charge in [0, 0.05) is 18.2 Å². The zero-order valence-electron chi connectivity index (χ0n) is 11.9. The average Bonchev–Trinajstić information content (AvgIpc) is 2.88. The van der Waals surface area contributed by atoms with E-state index in [4.69, 9.17) is 20.8 Å². The van der Waals surface area contributed by atoms with E-state index >= 15 is 0 Å². The second-order valence-corrected chi connectivity index (χ2v) is 5.96. The summed E-state index contributed by atoms with van der Waals surface area (Å²) in [4.78, 5) is 4.42. The summed E-state index contributed by atoms with van der Waals surface area (Å²) in [5.74, 6) is 1.30. The molecule has 0 bridgehead atoms. The molecular weight excluding hydrogens is 276 g/mol. The van der Waals surface area contributed by atoms with Crippen molar-refractivity contribution in [3.05, 3.63) is 47.0 Å². The van der Waals surface area contributed by atoms with E-state index in [-0.39, 0.29) is 5.54 Å². The van der Waals surface area contributed by atoms with Gasteiger partial charge in [-0.25, -0.2) is 4.98 Å². The third-order valence-electron chi connectivity index (χ3n) is 2.62. The molecular formula is C15H19ClN2O2. The molecule has 0 unspecified atom stereocenters. The molecule has 0 fully saturated rings. The van der Waals surface area contributed by atoms with Crippen LogP contribution in [0, 0.1) is 0 Å². The minimum absolute atomic E-state index is 0.00996. The van der Waals surface area contributed by atoms with Crippen LogP contribution >= 0.6 is 11.6 Å². The molecule has 1 N–H and O–H groups in total. The van der Waals surface area contributed by atoms with E-state index in [9.17, 15) is 0 Å². The first-order valence-electron chi connectivity index (χ1n) is 6.50. The highest BCUT2D eigenvalue weighted by atomic mass is 35.5. The third-order valence-corrected chi connectivity index (χ3v) is 2.97. The molecule has 0 aliphatic heterocycles. The maximum atomic E-state index is 6.15. The number of nitrogens with zero attached hydrogens (tertiary/aromatic N) is 1. The Labute approximate surface area is 124 Å². The Morgan fingerprint density at radius 1 is 1.30 bits per heavy atom. The summed E-state index contributed by atoms with van der Waals surface area (Å²) in [5, 5.41) is 3.99. The summed E-state index contributed by atoms with van der Waals surface area (Å²) in [6.45, 7) is 7.24. The molecule has 2 heterocycles. The molecule has 0 spiro atoms. The van der Waals surface area contributed by atoms with E-state index in [0.717, 1.165) is 11.5 Å². The predicted molar refractivity (Wildman–Crippen MR) is 78.9 cm³/mol. The van der Waals surface area contributed by atoms with Gasteiger partial charge in [-0.3, -0.25) is 0 Å². The summed E-state index contributed by atoms with van der Waals surface area (Å²) in [6, 6.07) is 7.24. The molecule has 0 aliphatic rings. The Morgan fingerprint density at radius 2 is 2.10 bits per heavy atom. The maximum absolute atomic E-state index is 6.15. The molecule has 0 aromatic carbocycles. The minimum atomic E-state index is 0.00996. The van der Waals surface area contributed by atoms with Crippen LogP contribution < -0.4 is 10.1 Å². The van der Waals surface area contributed by atoms with Crippen molar-refractivity contribution in [3.8, 4) is 5.88 Å². The van der Waals surface area contributed by atoms with Crippen LogP contribution in [0.15, 0.2) is 34.9 Å². The highest BCUT2D eigenvalue weighted by Gasteiger charge is 2.12. The monoisotopic (exact) mass is 294 g/mol. The first-order valence-corrected chi connectivity index (χ1v) is 6.87. The number of halogens is 1. The Bertz CT molecular complexity index is 547.